The van der Waals surface area contributed by atoms with Crippen molar-refractivity contribution in [2.75, 3.05) is 4.90 Å². The Morgan fingerprint density at radius 2 is 1.52 bits per heavy atom. The molecule has 3 heteroatoms. The van der Waals surface area contributed by atoms with E-state index in [2.05, 4.69) is 15.9 Å². The molecule has 0 spiro atoms. The molecule has 0 radical (unpaired) electrons. The minimum atomic E-state index is -0.0133. The molecule has 1 amide bonds. The van der Waals surface area contributed by atoms with Gasteiger partial charge < -0.3 is 0 Å². The maximum absolute atomic E-state index is 13.2. The number of carbonyl (C=O) groups is 1. The van der Waals surface area contributed by atoms with E-state index in [4.69, 9.17) is 0 Å². The molecule has 0 bridgehead atoms. The van der Waals surface area contributed by atoms with Crippen LogP contribution in [0.4, 0.5) is 5.69 Å². The molecule has 3 aromatic rings. The monoisotopic (exact) mass is 415 g/mol. The lowest BCUT2D eigenvalue weighted by atomic mass is 10.1. The Bertz CT molecular complexity index is 1030. The highest BCUT2D eigenvalue weighted by Crippen LogP contribution is 2.35. The Morgan fingerprint density at radius 3 is 2.19 bits per heavy atom. The normalized spacial score (nSPS) is 15.3. The van der Waals surface area contributed by atoms with E-state index in [9.17, 15) is 4.79 Å². The topological polar surface area (TPSA) is 20.3 Å². The maximum atomic E-state index is 13.2. The SMILES string of the molecule is Cc1ccc(N2C(=O)C(=Cc3ccc(Br)cc3)C=C2c2ccccc2)cc1. The molecule has 0 aromatic heterocycles. The summed E-state index contributed by atoms with van der Waals surface area (Å²) in [5, 5.41) is 0. The van der Waals surface area contributed by atoms with Crippen molar-refractivity contribution < 1.29 is 4.79 Å². The molecule has 1 aliphatic heterocycles. The van der Waals surface area contributed by atoms with Gasteiger partial charge >= 0.3 is 0 Å². The Kier molecular flexibility index (Phi) is 4.78. The third-order valence-corrected chi connectivity index (χ3v) is 5.07. The van der Waals surface area contributed by atoms with Crippen molar-refractivity contribution in [1.29, 1.82) is 0 Å². The van der Waals surface area contributed by atoms with Crippen molar-refractivity contribution in [3.05, 3.63) is 112 Å². The number of benzene rings is 3. The first-order valence-corrected chi connectivity index (χ1v) is 9.57. The number of hydrogen-bond donors (Lipinski definition) is 0. The molecule has 132 valence electrons. The summed E-state index contributed by atoms with van der Waals surface area (Å²) in [5.74, 6) is -0.0133. The summed E-state index contributed by atoms with van der Waals surface area (Å²) >= 11 is 3.45. The molecule has 27 heavy (non-hydrogen) atoms. The Morgan fingerprint density at radius 1 is 0.852 bits per heavy atom. The van der Waals surface area contributed by atoms with Gasteiger partial charge in [-0.25, -0.2) is 0 Å². The van der Waals surface area contributed by atoms with Crippen LogP contribution in [-0.4, -0.2) is 5.91 Å². The van der Waals surface area contributed by atoms with Gasteiger partial charge in [0, 0.05) is 15.7 Å². The minimum absolute atomic E-state index is 0.0133. The first-order valence-electron chi connectivity index (χ1n) is 8.77. The summed E-state index contributed by atoms with van der Waals surface area (Å²) < 4.78 is 1.02. The molecule has 1 aliphatic rings. The van der Waals surface area contributed by atoms with Crippen LogP contribution in [0.25, 0.3) is 11.8 Å². The molecule has 0 N–H and O–H groups in total. The van der Waals surface area contributed by atoms with Gasteiger partial charge in [-0.15, -0.1) is 0 Å². The highest BCUT2D eigenvalue weighted by molar-refractivity contribution is 9.10. The van der Waals surface area contributed by atoms with Gasteiger partial charge in [-0.2, -0.15) is 0 Å². The summed E-state index contributed by atoms with van der Waals surface area (Å²) in [6, 6.07) is 26.0. The van der Waals surface area contributed by atoms with Crippen molar-refractivity contribution in [1.82, 2.24) is 0 Å². The van der Waals surface area contributed by atoms with Crippen molar-refractivity contribution in [2.24, 2.45) is 0 Å². The minimum Gasteiger partial charge on any atom is -0.276 e. The van der Waals surface area contributed by atoms with Gasteiger partial charge in [0.05, 0.1) is 5.70 Å². The van der Waals surface area contributed by atoms with Gasteiger partial charge in [0.15, 0.2) is 0 Å². The molecule has 2 nitrogen and oxygen atoms in total. The molecule has 0 aliphatic carbocycles. The van der Waals surface area contributed by atoms with Crippen molar-refractivity contribution in [2.45, 2.75) is 6.92 Å². The average Bonchev–Trinajstić information content (AvgIpc) is 3.01. The van der Waals surface area contributed by atoms with Crippen LogP contribution in [0.2, 0.25) is 0 Å². The second-order valence-corrected chi connectivity index (χ2v) is 7.44. The quantitative estimate of drug-likeness (QED) is 0.464. The predicted molar refractivity (Wildman–Crippen MR) is 115 cm³/mol. The zero-order chi connectivity index (χ0) is 18.8. The zero-order valence-corrected chi connectivity index (χ0v) is 16.5. The first-order chi connectivity index (χ1) is 13.1. The van der Waals surface area contributed by atoms with Gasteiger partial charge in [0.25, 0.3) is 5.91 Å². The number of halogens is 1. The lowest BCUT2D eigenvalue weighted by molar-refractivity contribution is -0.113. The van der Waals surface area contributed by atoms with E-state index < -0.39 is 0 Å². The van der Waals surface area contributed by atoms with E-state index >= 15 is 0 Å². The van der Waals surface area contributed by atoms with Crippen LogP contribution in [0.5, 0.6) is 0 Å². The summed E-state index contributed by atoms with van der Waals surface area (Å²) in [6.45, 7) is 2.04. The second kappa shape index (κ2) is 7.37. The van der Waals surface area contributed by atoms with Gasteiger partial charge in [-0.1, -0.05) is 76.1 Å². The number of hydrogen-bond acceptors (Lipinski definition) is 1. The molecular formula is C24H18BrNO. The van der Waals surface area contributed by atoms with Gasteiger partial charge in [0.2, 0.25) is 0 Å². The van der Waals surface area contributed by atoms with Crippen molar-refractivity contribution in [3.63, 3.8) is 0 Å². The fourth-order valence-electron chi connectivity index (χ4n) is 3.13. The second-order valence-electron chi connectivity index (χ2n) is 6.52. The number of aryl methyl sites for hydroxylation is 1. The summed E-state index contributed by atoms with van der Waals surface area (Å²) in [4.78, 5) is 15.0. The van der Waals surface area contributed by atoms with Crippen LogP contribution in [0.3, 0.4) is 0 Å². The Labute approximate surface area is 167 Å². The van der Waals surface area contributed by atoms with Gasteiger partial charge in [-0.05, 0) is 54.5 Å². The van der Waals surface area contributed by atoms with Gasteiger partial charge in [-0.3, -0.25) is 9.69 Å². The van der Waals surface area contributed by atoms with Crippen LogP contribution in [0.1, 0.15) is 16.7 Å². The van der Waals surface area contributed by atoms with Crippen LogP contribution in [0, 0.1) is 6.92 Å². The molecule has 0 saturated carbocycles. The standard InChI is InChI=1S/C24H18BrNO/c1-17-7-13-22(14-8-17)26-23(19-5-3-2-4-6-19)16-20(24(26)27)15-18-9-11-21(25)12-10-18/h2-16H,1H3. The van der Waals surface area contributed by atoms with E-state index in [0.717, 1.165) is 27.0 Å². The number of carbonyl (C=O) groups excluding carboxylic acids is 1. The van der Waals surface area contributed by atoms with E-state index in [1.165, 1.54) is 5.56 Å². The molecule has 4 rings (SSSR count). The molecule has 0 saturated heterocycles. The van der Waals surface area contributed by atoms with E-state index in [1.54, 1.807) is 4.90 Å². The van der Waals surface area contributed by atoms with Crippen LogP contribution >= 0.6 is 15.9 Å². The third kappa shape index (κ3) is 3.64. The largest absolute Gasteiger partial charge is 0.276 e. The van der Waals surface area contributed by atoms with E-state index in [0.29, 0.717) is 5.57 Å². The molecule has 1 heterocycles. The lowest BCUT2D eigenvalue weighted by Crippen LogP contribution is -2.24. The van der Waals surface area contributed by atoms with E-state index in [1.807, 2.05) is 97.9 Å². The van der Waals surface area contributed by atoms with Crippen molar-refractivity contribution in [3.8, 4) is 0 Å². The average molecular weight is 416 g/mol. The molecule has 0 atom stereocenters. The lowest BCUT2D eigenvalue weighted by Gasteiger charge is -2.21. The molecular weight excluding hydrogens is 398 g/mol. The molecule has 0 unspecified atom stereocenters. The molecule has 0 fully saturated rings. The van der Waals surface area contributed by atoms with E-state index in [-0.39, 0.29) is 5.91 Å². The smallest absolute Gasteiger partial charge is 0.262 e. The fraction of sp³-hybridized carbons (Fsp3) is 0.0417. The van der Waals surface area contributed by atoms with Gasteiger partial charge in [0.1, 0.15) is 0 Å². The van der Waals surface area contributed by atoms with Crippen molar-refractivity contribution >= 4 is 39.3 Å². The highest BCUT2D eigenvalue weighted by atomic mass is 79.9. The predicted octanol–water partition coefficient (Wildman–Crippen LogP) is 6.23. The highest BCUT2D eigenvalue weighted by Gasteiger charge is 2.30. The maximum Gasteiger partial charge on any atom is 0.262 e. The van der Waals surface area contributed by atoms with Crippen LogP contribution < -0.4 is 4.90 Å². The molecule has 3 aromatic carbocycles. The number of nitrogens with zero attached hydrogens (tertiary/aromatic N) is 1. The Hall–Kier alpha value is -2.91. The number of rotatable bonds is 3. The first kappa shape index (κ1) is 17.5. The van der Waals surface area contributed by atoms with Crippen LogP contribution in [0.15, 0.2) is 95.0 Å². The summed E-state index contributed by atoms with van der Waals surface area (Å²) in [6.07, 6.45) is 3.91. The number of anilines is 1. The zero-order valence-electron chi connectivity index (χ0n) is 14.9. The third-order valence-electron chi connectivity index (χ3n) is 4.54. The number of amides is 1. The fourth-order valence-corrected chi connectivity index (χ4v) is 3.39. The Balaban J connectivity index is 1.80. The van der Waals surface area contributed by atoms with Crippen LogP contribution in [-0.2, 0) is 4.79 Å². The summed E-state index contributed by atoms with van der Waals surface area (Å²) in [5.41, 5.74) is 5.63. The summed E-state index contributed by atoms with van der Waals surface area (Å²) in [7, 11) is 0.